The van der Waals surface area contributed by atoms with E-state index in [1.807, 2.05) is 6.07 Å². The zero-order valence-corrected chi connectivity index (χ0v) is 17.2. The van der Waals surface area contributed by atoms with Gasteiger partial charge in [0.15, 0.2) is 0 Å². The van der Waals surface area contributed by atoms with Gasteiger partial charge in [0.25, 0.3) is 5.91 Å². The SMILES string of the molecule is COCCOc1ccc(NC(=O)N2CCN(C(=O)c3ccc4nc[nH]c4c3)CC2)cn1. The Kier molecular flexibility index (Phi) is 6.27. The van der Waals surface area contributed by atoms with Crippen molar-refractivity contribution in [3.63, 3.8) is 0 Å². The summed E-state index contributed by atoms with van der Waals surface area (Å²) in [5.74, 6) is 0.417. The van der Waals surface area contributed by atoms with Crippen LogP contribution >= 0.6 is 0 Å². The lowest BCUT2D eigenvalue weighted by Gasteiger charge is -2.34. The molecule has 2 N–H and O–H groups in total. The van der Waals surface area contributed by atoms with Gasteiger partial charge in [-0.25, -0.2) is 14.8 Å². The maximum atomic E-state index is 12.8. The van der Waals surface area contributed by atoms with Gasteiger partial charge in [-0.15, -0.1) is 0 Å². The highest BCUT2D eigenvalue weighted by Crippen LogP contribution is 2.16. The Balaban J connectivity index is 1.28. The van der Waals surface area contributed by atoms with E-state index < -0.39 is 0 Å². The van der Waals surface area contributed by atoms with Crippen LogP contribution in [0.1, 0.15) is 10.4 Å². The zero-order valence-electron chi connectivity index (χ0n) is 17.2. The van der Waals surface area contributed by atoms with Gasteiger partial charge in [-0.1, -0.05) is 0 Å². The van der Waals surface area contributed by atoms with Crippen LogP contribution in [0.5, 0.6) is 5.88 Å². The van der Waals surface area contributed by atoms with Crippen molar-refractivity contribution in [2.24, 2.45) is 0 Å². The van der Waals surface area contributed by atoms with Crippen LogP contribution in [0, 0.1) is 0 Å². The van der Waals surface area contributed by atoms with E-state index in [-0.39, 0.29) is 11.9 Å². The smallest absolute Gasteiger partial charge is 0.322 e. The van der Waals surface area contributed by atoms with E-state index in [0.29, 0.717) is 56.5 Å². The second-order valence-corrected chi connectivity index (χ2v) is 7.07. The Labute approximate surface area is 179 Å². The summed E-state index contributed by atoms with van der Waals surface area (Å²) in [6.07, 6.45) is 3.15. The van der Waals surface area contributed by atoms with Crippen LogP contribution in [-0.2, 0) is 4.74 Å². The van der Waals surface area contributed by atoms with Gasteiger partial charge in [0.1, 0.15) is 6.61 Å². The van der Waals surface area contributed by atoms with Crippen LogP contribution in [-0.4, -0.2) is 83.2 Å². The molecule has 4 rings (SSSR count). The summed E-state index contributed by atoms with van der Waals surface area (Å²) in [7, 11) is 1.60. The highest BCUT2D eigenvalue weighted by molar-refractivity contribution is 5.97. The Morgan fingerprint density at radius 1 is 1.06 bits per heavy atom. The molecule has 0 unspecified atom stereocenters. The lowest BCUT2D eigenvalue weighted by Crippen LogP contribution is -2.51. The normalized spacial score (nSPS) is 14.0. The lowest BCUT2D eigenvalue weighted by molar-refractivity contribution is 0.0672. The minimum atomic E-state index is -0.221. The number of benzene rings is 1. The van der Waals surface area contributed by atoms with Gasteiger partial charge in [0.05, 0.1) is 35.9 Å². The molecule has 0 bridgehead atoms. The van der Waals surface area contributed by atoms with Crippen molar-refractivity contribution in [2.45, 2.75) is 0 Å². The summed E-state index contributed by atoms with van der Waals surface area (Å²) < 4.78 is 10.3. The third kappa shape index (κ3) is 4.92. The Bertz CT molecular complexity index is 1040. The van der Waals surface area contributed by atoms with E-state index in [9.17, 15) is 9.59 Å². The number of aromatic nitrogens is 3. The first-order valence-corrected chi connectivity index (χ1v) is 10.00. The highest BCUT2D eigenvalue weighted by atomic mass is 16.5. The first kappa shape index (κ1) is 20.6. The number of pyridine rings is 1. The average molecular weight is 424 g/mol. The molecule has 10 heteroatoms. The number of H-pyrrole nitrogens is 1. The maximum absolute atomic E-state index is 12.8. The van der Waals surface area contributed by atoms with Crippen molar-refractivity contribution in [1.29, 1.82) is 0 Å². The van der Waals surface area contributed by atoms with E-state index >= 15 is 0 Å². The Hall–Kier alpha value is -3.66. The quantitative estimate of drug-likeness (QED) is 0.585. The fourth-order valence-corrected chi connectivity index (χ4v) is 3.34. The second kappa shape index (κ2) is 9.43. The molecule has 3 heterocycles. The number of imidazole rings is 1. The van der Waals surface area contributed by atoms with Gasteiger partial charge in [0.2, 0.25) is 5.88 Å². The minimum absolute atomic E-state index is 0.0511. The summed E-state index contributed by atoms with van der Waals surface area (Å²) in [6, 6.07) is 8.61. The molecule has 10 nitrogen and oxygen atoms in total. The first-order chi connectivity index (χ1) is 15.1. The third-order valence-electron chi connectivity index (χ3n) is 5.05. The van der Waals surface area contributed by atoms with E-state index in [4.69, 9.17) is 9.47 Å². The number of nitrogens with one attached hydrogen (secondary N) is 2. The fourth-order valence-electron chi connectivity index (χ4n) is 3.34. The molecule has 1 aliphatic heterocycles. The van der Waals surface area contributed by atoms with Crippen LogP contribution in [0.4, 0.5) is 10.5 Å². The van der Waals surface area contributed by atoms with Crippen LogP contribution in [0.3, 0.4) is 0 Å². The number of hydrogen-bond donors (Lipinski definition) is 2. The average Bonchev–Trinajstić information content (AvgIpc) is 3.28. The highest BCUT2D eigenvalue weighted by Gasteiger charge is 2.25. The summed E-state index contributed by atoms with van der Waals surface area (Å²) in [4.78, 5) is 40.1. The van der Waals surface area contributed by atoms with E-state index in [0.717, 1.165) is 11.0 Å². The van der Waals surface area contributed by atoms with Crippen LogP contribution < -0.4 is 10.1 Å². The molecule has 0 spiro atoms. The molecule has 2 aromatic heterocycles. The first-order valence-electron chi connectivity index (χ1n) is 10.00. The van der Waals surface area contributed by atoms with Crippen molar-refractivity contribution >= 4 is 28.7 Å². The van der Waals surface area contributed by atoms with Crippen molar-refractivity contribution in [3.8, 4) is 5.88 Å². The number of methoxy groups -OCH3 is 1. The van der Waals surface area contributed by atoms with Gasteiger partial charge in [-0.3, -0.25) is 4.79 Å². The monoisotopic (exact) mass is 424 g/mol. The van der Waals surface area contributed by atoms with Gasteiger partial charge in [-0.05, 0) is 24.3 Å². The molecule has 3 amide bonds. The number of fused-ring (bicyclic) bond motifs is 1. The lowest BCUT2D eigenvalue weighted by atomic mass is 10.1. The van der Waals surface area contributed by atoms with Gasteiger partial charge >= 0.3 is 6.03 Å². The van der Waals surface area contributed by atoms with Gasteiger partial charge in [-0.2, -0.15) is 0 Å². The minimum Gasteiger partial charge on any atom is -0.475 e. The largest absolute Gasteiger partial charge is 0.475 e. The molecule has 162 valence electrons. The number of nitrogens with zero attached hydrogens (tertiary/aromatic N) is 4. The van der Waals surface area contributed by atoms with Crippen molar-refractivity contribution in [2.75, 3.05) is 51.8 Å². The Morgan fingerprint density at radius 2 is 1.87 bits per heavy atom. The van der Waals surface area contributed by atoms with Crippen molar-refractivity contribution in [3.05, 3.63) is 48.4 Å². The molecule has 1 fully saturated rings. The maximum Gasteiger partial charge on any atom is 0.322 e. The zero-order chi connectivity index (χ0) is 21.6. The number of amides is 3. The third-order valence-corrected chi connectivity index (χ3v) is 5.05. The van der Waals surface area contributed by atoms with Crippen molar-refractivity contribution < 1.29 is 19.1 Å². The number of piperazine rings is 1. The summed E-state index contributed by atoms with van der Waals surface area (Å²) >= 11 is 0. The number of hydrogen-bond acceptors (Lipinski definition) is 6. The molecule has 0 saturated carbocycles. The standard InChI is InChI=1S/C21H24N6O4/c1-30-10-11-31-19-5-3-16(13-22-19)25-21(29)27-8-6-26(7-9-27)20(28)15-2-4-17-18(12-15)24-14-23-17/h2-5,12-14H,6-11H2,1H3,(H,23,24)(H,25,29). The number of rotatable bonds is 6. The predicted molar refractivity (Wildman–Crippen MR) is 114 cm³/mol. The molecule has 0 atom stereocenters. The van der Waals surface area contributed by atoms with E-state index in [1.165, 1.54) is 0 Å². The molecular weight excluding hydrogens is 400 g/mol. The van der Waals surface area contributed by atoms with Crippen LogP contribution in [0.2, 0.25) is 0 Å². The van der Waals surface area contributed by atoms with Gasteiger partial charge < -0.3 is 29.6 Å². The van der Waals surface area contributed by atoms with Gasteiger partial charge in [0, 0.05) is 44.9 Å². The molecule has 3 aromatic rings. The second-order valence-electron chi connectivity index (χ2n) is 7.07. The number of anilines is 1. The van der Waals surface area contributed by atoms with Crippen molar-refractivity contribution in [1.82, 2.24) is 24.8 Å². The fraction of sp³-hybridized carbons (Fsp3) is 0.333. The predicted octanol–water partition coefficient (Wildman–Crippen LogP) is 1.97. The summed E-state index contributed by atoms with van der Waals surface area (Å²) in [5.41, 5.74) is 2.83. The molecule has 1 aromatic carbocycles. The number of ether oxygens (including phenoxy) is 2. The summed E-state index contributed by atoms with van der Waals surface area (Å²) in [6.45, 7) is 2.74. The molecule has 0 aliphatic carbocycles. The molecule has 1 aliphatic rings. The number of aromatic amines is 1. The Morgan fingerprint density at radius 3 is 2.61 bits per heavy atom. The summed E-state index contributed by atoms with van der Waals surface area (Å²) in [5, 5.41) is 2.83. The molecular formula is C21H24N6O4. The number of carbonyl (C=O) groups is 2. The number of urea groups is 1. The topological polar surface area (TPSA) is 113 Å². The van der Waals surface area contributed by atoms with Crippen LogP contribution in [0.25, 0.3) is 11.0 Å². The molecule has 1 saturated heterocycles. The molecule has 0 radical (unpaired) electrons. The van der Waals surface area contributed by atoms with Crippen LogP contribution in [0.15, 0.2) is 42.9 Å². The number of carbonyl (C=O) groups excluding carboxylic acids is 2. The van der Waals surface area contributed by atoms with E-state index in [2.05, 4.69) is 20.3 Å². The molecule has 31 heavy (non-hydrogen) atoms. The van der Waals surface area contributed by atoms with E-state index in [1.54, 1.807) is 53.7 Å².